The van der Waals surface area contributed by atoms with E-state index in [1.54, 1.807) is 0 Å². The van der Waals surface area contributed by atoms with Crippen molar-refractivity contribution in [2.45, 2.75) is 27.7 Å². The van der Waals surface area contributed by atoms with Crippen LogP contribution in [0.2, 0.25) is 0 Å². The molecule has 7 nitrogen and oxygen atoms in total. The third-order valence-electron chi connectivity index (χ3n) is 9.55. The first-order valence-electron chi connectivity index (χ1n) is 15.4. The van der Waals surface area contributed by atoms with Crippen molar-refractivity contribution < 1.29 is 9.42 Å². The quantitative estimate of drug-likeness (QED) is 0.168. The second-order valence-electron chi connectivity index (χ2n) is 12.3. The Morgan fingerprint density at radius 2 is 1.31 bits per heavy atom. The summed E-state index contributed by atoms with van der Waals surface area (Å²) in [6.07, 6.45) is 9.49. The smallest absolute Gasteiger partial charge is 0.458 e. The van der Waals surface area contributed by atoms with E-state index in [0.717, 1.165) is 39.9 Å². The first-order valence-corrected chi connectivity index (χ1v) is 15.4. The molecule has 9 heteroatoms. The van der Waals surface area contributed by atoms with E-state index >= 15 is 0 Å². The number of hydrogen-bond acceptors (Lipinski definition) is 4. The van der Waals surface area contributed by atoms with E-state index in [9.17, 15) is 0 Å². The fourth-order valence-corrected chi connectivity index (χ4v) is 7.41. The highest BCUT2D eigenvalue weighted by atomic mass is 16.5. The van der Waals surface area contributed by atoms with Gasteiger partial charge in [-0.3, -0.25) is 0 Å². The number of hydrogen-bond donors (Lipinski definition) is 0. The van der Waals surface area contributed by atoms with Gasteiger partial charge in [0.15, 0.2) is 5.69 Å². The number of nitrogens with zero attached hydrogens (tertiary/aromatic N) is 6. The summed E-state index contributed by atoms with van der Waals surface area (Å²) in [4.78, 5) is 9.49. The zero-order valence-corrected chi connectivity index (χ0v) is 26.5. The van der Waals surface area contributed by atoms with Gasteiger partial charge in [-0.05, 0) is 89.2 Å². The lowest BCUT2D eigenvalue weighted by Crippen LogP contribution is -2.65. The summed E-state index contributed by atoms with van der Waals surface area (Å²) in [6.45, 7) is 8.79. The Morgan fingerprint density at radius 1 is 0.711 bits per heavy atom. The van der Waals surface area contributed by atoms with Gasteiger partial charge in [0.1, 0.15) is 23.5 Å². The maximum atomic E-state index is 6.55. The van der Waals surface area contributed by atoms with Gasteiger partial charge in [0.25, 0.3) is 0 Å². The van der Waals surface area contributed by atoms with E-state index in [0.29, 0.717) is 0 Å². The van der Waals surface area contributed by atoms with Gasteiger partial charge < -0.3 is 18.8 Å². The van der Waals surface area contributed by atoms with Crippen LogP contribution in [0.15, 0.2) is 97.5 Å². The van der Waals surface area contributed by atoms with Gasteiger partial charge in [0, 0.05) is 35.4 Å². The minimum atomic E-state index is 0.0189. The number of anilines is 2. The minimum Gasteiger partial charge on any atom is -0.458 e. The summed E-state index contributed by atoms with van der Waals surface area (Å²) in [6, 6.07) is 27.6. The second kappa shape index (κ2) is 10.2. The molecule has 0 spiro atoms. The lowest BCUT2D eigenvalue weighted by Gasteiger charge is -2.36. The predicted molar refractivity (Wildman–Crippen MR) is 183 cm³/mol. The molecule has 0 amide bonds. The van der Waals surface area contributed by atoms with Crippen molar-refractivity contribution >= 4 is 36.3 Å². The Hall–Kier alpha value is -5.17. The number of benzene rings is 4. The third kappa shape index (κ3) is 4.14. The molecule has 0 saturated carbocycles. The molecule has 0 radical (unpaired) electrons. The largest absolute Gasteiger partial charge is 0.459 e. The first kappa shape index (κ1) is 27.4. The average molecular weight is 588 g/mol. The summed E-state index contributed by atoms with van der Waals surface area (Å²) in [7, 11) is 4.32. The molecule has 220 valence electrons. The SMILES string of the molecule is Cc1cccc(C)c1B1N(C)c2ccc(Oc3ccc4c(c3)-[n+]3[c-]ccn3B(c3c(C)cccc3C)N4C)cc2-c2nccn21. The van der Waals surface area contributed by atoms with Crippen molar-refractivity contribution in [2.75, 3.05) is 23.7 Å². The van der Waals surface area contributed by atoms with Crippen molar-refractivity contribution in [2.24, 2.45) is 0 Å². The van der Waals surface area contributed by atoms with E-state index in [2.05, 4.69) is 157 Å². The molecule has 2 aliphatic rings. The van der Waals surface area contributed by atoms with Crippen LogP contribution in [0.4, 0.5) is 11.4 Å². The van der Waals surface area contributed by atoms with Gasteiger partial charge in [-0.25, -0.2) is 9.58 Å². The Bertz CT molecular complexity index is 1930. The van der Waals surface area contributed by atoms with E-state index in [1.165, 1.54) is 33.2 Å². The first-order chi connectivity index (χ1) is 21.8. The zero-order valence-electron chi connectivity index (χ0n) is 26.5. The van der Waals surface area contributed by atoms with Gasteiger partial charge in [0.2, 0.25) is 0 Å². The lowest BCUT2D eigenvalue weighted by atomic mass is 9.60. The fourth-order valence-electron chi connectivity index (χ4n) is 7.41. The summed E-state index contributed by atoms with van der Waals surface area (Å²) >= 11 is 0. The van der Waals surface area contributed by atoms with Crippen LogP contribution in [0.1, 0.15) is 22.3 Å². The van der Waals surface area contributed by atoms with Crippen LogP contribution in [0.25, 0.3) is 17.1 Å². The lowest BCUT2D eigenvalue weighted by molar-refractivity contribution is -0.673. The highest BCUT2D eigenvalue weighted by molar-refractivity contribution is 6.77. The highest BCUT2D eigenvalue weighted by Gasteiger charge is 2.39. The Morgan fingerprint density at radius 3 is 2.00 bits per heavy atom. The number of rotatable bonds is 4. The molecule has 0 aliphatic carbocycles. The monoisotopic (exact) mass is 588 g/mol. The van der Waals surface area contributed by atoms with E-state index in [1.807, 2.05) is 12.3 Å². The van der Waals surface area contributed by atoms with Crippen molar-refractivity contribution in [3.05, 3.63) is 126 Å². The molecule has 4 aromatic carbocycles. The summed E-state index contributed by atoms with van der Waals surface area (Å²) < 4.78 is 13.2. The Kier molecular flexibility index (Phi) is 6.20. The third-order valence-corrected chi connectivity index (χ3v) is 9.55. The van der Waals surface area contributed by atoms with Crippen molar-refractivity contribution in [3.63, 3.8) is 0 Å². The molecule has 45 heavy (non-hydrogen) atoms. The van der Waals surface area contributed by atoms with Crippen LogP contribution >= 0.6 is 0 Å². The molecule has 6 aromatic rings. The molecule has 0 atom stereocenters. The molecule has 0 unspecified atom stereocenters. The molecule has 2 aliphatic heterocycles. The number of aromatic nitrogens is 4. The molecule has 0 bridgehead atoms. The number of fused-ring (bicyclic) bond motifs is 6. The molecule has 8 rings (SSSR count). The molecular formula is C36H34B2N6O. The van der Waals surface area contributed by atoms with Crippen molar-refractivity contribution in [1.29, 1.82) is 0 Å². The topological polar surface area (TPSA) is 42.3 Å². The molecule has 0 N–H and O–H groups in total. The van der Waals surface area contributed by atoms with Crippen LogP contribution in [-0.2, 0) is 0 Å². The molecular weight excluding hydrogens is 554 g/mol. The maximum absolute atomic E-state index is 6.55. The Labute approximate surface area is 265 Å². The van der Waals surface area contributed by atoms with Gasteiger partial charge in [-0.2, -0.15) is 4.68 Å². The Balaban J connectivity index is 1.14. The van der Waals surface area contributed by atoms with E-state index < -0.39 is 0 Å². The van der Waals surface area contributed by atoms with Crippen LogP contribution in [-0.4, -0.2) is 42.1 Å². The van der Waals surface area contributed by atoms with E-state index in [4.69, 9.17) is 9.72 Å². The molecule has 2 aromatic heterocycles. The minimum absolute atomic E-state index is 0.0189. The molecule has 0 fully saturated rings. The fraction of sp³-hybridized carbons (Fsp3) is 0.167. The van der Waals surface area contributed by atoms with Crippen LogP contribution in [0.5, 0.6) is 11.5 Å². The van der Waals surface area contributed by atoms with Crippen LogP contribution in [0, 0.1) is 33.9 Å². The number of aryl methyl sites for hydroxylation is 4. The molecule has 4 heterocycles. The second-order valence-corrected chi connectivity index (χ2v) is 12.3. The predicted octanol–water partition coefficient (Wildman–Crippen LogP) is 4.84. The summed E-state index contributed by atoms with van der Waals surface area (Å²) in [5.41, 5.74) is 12.0. The maximum Gasteiger partial charge on any atom is 0.459 e. The summed E-state index contributed by atoms with van der Waals surface area (Å²) in [5, 5.41) is 0. The normalized spacial score (nSPS) is 13.4. The number of imidazole rings is 1. The number of ether oxygens (including phenoxy) is 1. The van der Waals surface area contributed by atoms with Crippen molar-refractivity contribution in [3.8, 4) is 28.6 Å². The summed E-state index contributed by atoms with van der Waals surface area (Å²) in [5.74, 6) is 2.47. The van der Waals surface area contributed by atoms with Gasteiger partial charge in [-0.15, -0.1) is 0 Å². The van der Waals surface area contributed by atoms with Crippen molar-refractivity contribution in [1.82, 2.24) is 14.1 Å². The highest BCUT2D eigenvalue weighted by Crippen LogP contribution is 2.39. The molecule has 0 saturated heterocycles. The van der Waals surface area contributed by atoms with Crippen LogP contribution < -0.4 is 30.0 Å². The average Bonchev–Trinajstić information content (AvgIpc) is 3.71. The van der Waals surface area contributed by atoms with Crippen LogP contribution in [0.3, 0.4) is 0 Å². The standard InChI is InChI=1S/C36H34B2N6O/c1-24-10-7-11-25(2)34(24)37-40(5)31-16-14-28(22-30(31)36-39-18-21-42(36)37)45-29-15-17-32-33(23-29)43-19-9-20-44(43)38(41(32)6)35-26(3)12-8-13-27(35)4/h7-18,20-23H,1-6H3. The van der Waals surface area contributed by atoms with Gasteiger partial charge in [0.05, 0.1) is 0 Å². The van der Waals surface area contributed by atoms with Gasteiger partial charge in [-0.1, -0.05) is 64.7 Å². The van der Waals surface area contributed by atoms with Gasteiger partial charge >= 0.3 is 14.0 Å². The zero-order chi connectivity index (χ0) is 31.0. The van der Waals surface area contributed by atoms with E-state index in [-0.39, 0.29) is 14.0 Å².